The average molecular weight is 423 g/mol. The van der Waals surface area contributed by atoms with Gasteiger partial charge in [0.25, 0.3) is 5.91 Å². The number of rotatable bonds is 4. The summed E-state index contributed by atoms with van der Waals surface area (Å²) in [6.07, 6.45) is 3.18. The maximum Gasteiger partial charge on any atom is 0.253 e. The third-order valence-corrected chi connectivity index (χ3v) is 5.33. The lowest BCUT2D eigenvalue weighted by Gasteiger charge is -2.04. The van der Waals surface area contributed by atoms with Crippen LogP contribution in [-0.4, -0.2) is 15.9 Å². The Morgan fingerprint density at radius 2 is 2.12 bits per heavy atom. The number of nitrogens with one attached hydrogen (secondary N) is 1. The van der Waals surface area contributed by atoms with E-state index < -0.39 is 0 Å². The quantitative estimate of drug-likeness (QED) is 0.653. The number of halogens is 2. The summed E-state index contributed by atoms with van der Waals surface area (Å²) in [5, 5.41) is 4.42. The fourth-order valence-corrected chi connectivity index (χ4v) is 3.83. The summed E-state index contributed by atoms with van der Waals surface area (Å²) in [7, 11) is 0. The molecule has 0 atom stereocenters. The number of aromatic nitrogens is 2. The van der Waals surface area contributed by atoms with Crippen LogP contribution in [0.3, 0.4) is 0 Å². The summed E-state index contributed by atoms with van der Waals surface area (Å²) in [6.45, 7) is 2.35. The van der Waals surface area contributed by atoms with Crippen molar-refractivity contribution in [3.8, 4) is 10.6 Å². The average Bonchev–Trinajstić information content (AvgIpc) is 2.93. The van der Waals surface area contributed by atoms with Crippen LogP contribution in [0.25, 0.3) is 10.6 Å². The maximum absolute atomic E-state index is 12.2. The van der Waals surface area contributed by atoms with Gasteiger partial charge in [-0.1, -0.05) is 29.8 Å². The minimum Gasteiger partial charge on any atom is -0.347 e. The van der Waals surface area contributed by atoms with Crippen LogP contribution >= 0.6 is 38.9 Å². The minimum atomic E-state index is -0.170. The molecule has 0 bridgehead atoms. The van der Waals surface area contributed by atoms with E-state index in [2.05, 4.69) is 31.2 Å². The highest BCUT2D eigenvalue weighted by Crippen LogP contribution is 2.32. The largest absolute Gasteiger partial charge is 0.347 e. The first kappa shape index (κ1) is 17.1. The Labute approximate surface area is 157 Å². The standard InChI is InChI=1S/C17H13BrClN3OS/c1-10-15(9-21-16(23)11-6-12(18)8-20-7-11)24-17(22-10)13-4-2-3-5-14(13)19/h2-8H,9H2,1H3,(H,21,23). The van der Waals surface area contributed by atoms with Gasteiger partial charge >= 0.3 is 0 Å². The van der Waals surface area contributed by atoms with Crippen molar-refractivity contribution in [3.63, 3.8) is 0 Å². The Bertz CT molecular complexity index is 897. The summed E-state index contributed by atoms with van der Waals surface area (Å²) in [5.41, 5.74) is 2.31. The van der Waals surface area contributed by atoms with Crippen LogP contribution in [0.15, 0.2) is 47.2 Å². The van der Waals surface area contributed by atoms with Gasteiger partial charge in [0.2, 0.25) is 0 Å². The fourth-order valence-electron chi connectivity index (χ4n) is 2.14. The number of carbonyl (C=O) groups is 1. The first-order chi connectivity index (χ1) is 11.5. The lowest BCUT2D eigenvalue weighted by molar-refractivity contribution is 0.0951. The van der Waals surface area contributed by atoms with E-state index in [-0.39, 0.29) is 5.91 Å². The molecular weight excluding hydrogens is 410 g/mol. The van der Waals surface area contributed by atoms with E-state index in [1.807, 2.05) is 31.2 Å². The van der Waals surface area contributed by atoms with E-state index in [1.54, 1.807) is 12.3 Å². The van der Waals surface area contributed by atoms with Crippen molar-refractivity contribution in [2.45, 2.75) is 13.5 Å². The summed E-state index contributed by atoms with van der Waals surface area (Å²) >= 11 is 11.1. The van der Waals surface area contributed by atoms with Crippen LogP contribution in [0.1, 0.15) is 20.9 Å². The molecule has 0 spiro atoms. The Hall–Kier alpha value is -1.76. The van der Waals surface area contributed by atoms with Crippen molar-refractivity contribution in [2.24, 2.45) is 0 Å². The Morgan fingerprint density at radius 3 is 2.88 bits per heavy atom. The summed E-state index contributed by atoms with van der Waals surface area (Å²) < 4.78 is 0.769. The monoisotopic (exact) mass is 421 g/mol. The fraction of sp³-hybridized carbons (Fsp3) is 0.118. The van der Waals surface area contributed by atoms with Gasteiger partial charge in [-0.3, -0.25) is 9.78 Å². The van der Waals surface area contributed by atoms with E-state index >= 15 is 0 Å². The predicted octanol–water partition coefficient (Wildman–Crippen LogP) is 4.86. The molecule has 7 heteroatoms. The van der Waals surface area contributed by atoms with E-state index in [0.29, 0.717) is 17.1 Å². The van der Waals surface area contributed by atoms with Crippen LogP contribution < -0.4 is 5.32 Å². The van der Waals surface area contributed by atoms with Gasteiger partial charge in [0, 0.05) is 27.3 Å². The number of pyridine rings is 1. The second-order valence-electron chi connectivity index (χ2n) is 5.08. The molecule has 1 N–H and O–H groups in total. The predicted molar refractivity (Wildman–Crippen MR) is 100 cm³/mol. The third kappa shape index (κ3) is 3.83. The summed E-state index contributed by atoms with van der Waals surface area (Å²) in [6, 6.07) is 9.33. The Morgan fingerprint density at radius 1 is 1.33 bits per heavy atom. The van der Waals surface area contributed by atoms with Crippen LogP contribution in [0.5, 0.6) is 0 Å². The van der Waals surface area contributed by atoms with Crippen LogP contribution in [0, 0.1) is 6.92 Å². The van der Waals surface area contributed by atoms with Gasteiger partial charge in [-0.15, -0.1) is 11.3 Å². The molecule has 1 amide bonds. The van der Waals surface area contributed by atoms with Gasteiger partial charge in [0.05, 0.1) is 22.8 Å². The molecule has 0 fully saturated rings. The molecule has 0 saturated carbocycles. The van der Waals surface area contributed by atoms with E-state index in [9.17, 15) is 4.79 Å². The van der Waals surface area contributed by atoms with Gasteiger partial charge in [-0.25, -0.2) is 4.98 Å². The highest BCUT2D eigenvalue weighted by molar-refractivity contribution is 9.10. The number of hydrogen-bond donors (Lipinski definition) is 1. The number of nitrogens with zero attached hydrogens (tertiary/aromatic N) is 2. The molecule has 3 rings (SSSR count). The molecule has 0 unspecified atom stereocenters. The van der Waals surface area contributed by atoms with Crippen LogP contribution in [-0.2, 0) is 6.54 Å². The topological polar surface area (TPSA) is 54.9 Å². The van der Waals surface area contributed by atoms with Crippen LogP contribution in [0.2, 0.25) is 5.02 Å². The summed E-state index contributed by atoms with van der Waals surface area (Å²) in [4.78, 5) is 21.8. The zero-order chi connectivity index (χ0) is 17.1. The second-order valence-corrected chi connectivity index (χ2v) is 7.49. The van der Waals surface area contributed by atoms with E-state index in [1.165, 1.54) is 17.5 Å². The number of thiazole rings is 1. The lowest BCUT2D eigenvalue weighted by atomic mass is 10.2. The van der Waals surface area contributed by atoms with Crippen LogP contribution in [0.4, 0.5) is 0 Å². The Balaban J connectivity index is 1.75. The number of carbonyl (C=O) groups excluding carboxylic acids is 1. The molecule has 2 heterocycles. The number of benzene rings is 1. The normalized spacial score (nSPS) is 10.6. The first-order valence-electron chi connectivity index (χ1n) is 7.14. The Kier molecular flexibility index (Phi) is 5.28. The molecule has 4 nitrogen and oxygen atoms in total. The smallest absolute Gasteiger partial charge is 0.253 e. The van der Waals surface area contributed by atoms with Gasteiger partial charge < -0.3 is 5.32 Å². The zero-order valence-corrected chi connectivity index (χ0v) is 15.9. The summed E-state index contributed by atoms with van der Waals surface area (Å²) in [5.74, 6) is -0.170. The molecule has 3 aromatic rings. The van der Waals surface area contributed by atoms with Gasteiger partial charge in [-0.2, -0.15) is 0 Å². The highest BCUT2D eigenvalue weighted by Gasteiger charge is 2.13. The van der Waals surface area contributed by atoms with Crippen molar-refractivity contribution in [3.05, 3.63) is 68.4 Å². The van der Waals surface area contributed by atoms with Crippen molar-refractivity contribution in [1.29, 1.82) is 0 Å². The maximum atomic E-state index is 12.2. The van der Waals surface area contributed by atoms with Gasteiger partial charge in [0.1, 0.15) is 5.01 Å². The van der Waals surface area contributed by atoms with Crippen molar-refractivity contribution >= 4 is 44.8 Å². The second kappa shape index (κ2) is 7.42. The van der Waals surface area contributed by atoms with Gasteiger partial charge in [-0.05, 0) is 35.0 Å². The molecular formula is C17H13BrClN3OS. The zero-order valence-electron chi connectivity index (χ0n) is 12.7. The number of amides is 1. The molecule has 0 aliphatic heterocycles. The molecule has 1 aromatic carbocycles. The van der Waals surface area contributed by atoms with Crippen molar-refractivity contribution in [1.82, 2.24) is 15.3 Å². The SMILES string of the molecule is Cc1nc(-c2ccccc2Cl)sc1CNC(=O)c1cncc(Br)c1. The van der Waals surface area contributed by atoms with E-state index in [0.717, 1.165) is 25.6 Å². The molecule has 2 aromatic heterocycles. The number of hydrogen-bond acceptors (Lipinski definition) is 4. The molecule has 0 radical (unpaired) electrons. The lowest BCUT2D eigenvalue weighted by Crippen LogP contribution is -2.22. The minimum absolute atomic E-state index is 0.170. The first-order valence-corrected chi connectivity index (χ1v) is 9.13. The van der Waals surface area contributed by atoms with Crippen molar-refractivity contribution in [2.75, 3.05) is 0 Å². The molecule has 122 valence electrons. The molecule has 0 aliphatic rings. The third-order valence-electron chi connectivity index (χ3n) is 3.37. The number of aryl methyl sites for hydroxylation is 1. The van der Waals surface area contributed by atoms with Gasteiger partial charge in [0.15, 0.2) is 0 Å². The molecule has 0 aliphatic carbocycles. The molecule has 0 saturated heterocycles. The molecule has 24 heavy (non-hydrogen) atoms. The van der Waals surface area contributed by atoms with Crippen molar-refractivity contribution < 1.29 is 4.79 Å². The highest BCUT2D eigenvalue weighted by atomic mass is 79.9. The van der Waals surface area contributed by atoms with E-state index in [4.69, 9.17) is 11.6 Å².